The van der Waals surface area contributed by atoms with Crippen molar-refractivity contribution in [1.29, 1.82) is 0 Å². The number of hydrogen-bond acceptors (Lipinski definition) is 3. The predicted molar refractivity (Wildman–Crippen MR) is 130 cm³/mol. The van der Waals surface area contributed by atoms with Gasteiger partial charge in [-0.1, -0.05) is 72.8 Å². The Balaban J connectivity index is 1.38. The predicted octanol–water partition coefficient (Wildman–Crippen LogP) is 7.88. The molecule has 0 aliphatic heterocycles. The van der Waals surface area contributed by atoms with Gasteiger partial charge in [-0.05, 0) is 68.7 Å². The quantitative estimate of drug-likeness (QED) is 0.164. The van der Waals surface area contributed by atoms with Gasteiger partial charge < -0.3 is 9.47 Å². The van der Waals surface area contributed by atoms with E-state index < -0.39 is 6.16 Å². The number of hydrogen-bond donors (Lipinski definition) is 0. The van der Waals surface area contributed by atoms with Gasteiger partial charge in [0.25, 0.3) is 0 Å². The Bertz CT molecular complexity index is 1640. The summed E-state index contributed by atoms with van der Waals surface area (Å²) < 4.78 is 11.2. The average Bonchev–Trinajstić information content (AvgIpc) is 2.82. The van der Waals surface area contributed by atoms with Gasteiger partial charge in [-0.25, -0.2) is 4.79 Å². The zero-order chi connectivity index (χ0) is 21.5. The van der Waals surface area contributed by atoms with E-state index in [2.05, 4.69) is 36.4 Å². The average molecular weight is 414 g/mol. The number of carbonyl (C=O) groups excluding carboxylic acids is 1. The second-order valence-electron chi connectivity index (χ2n) is 7.81. The fourth-order valence-corrected chi connectivity index (χ4v) is 4.26. The minimum Gasteiger partial charge on any atom is -0.394 e. The summed E-state index contributed by atoms with van der Waals surface area (Å²) in [4.78, 5) is 12.7. The van der Waals surface area contributed by atoms with Gasteiger partial charge in [0.15, 0.2) is 0 Å². The molecule has 3 nitrogen and oxygen atoms in total. The lowest BCUT2D eigenvalue weighted by atomic mass is 9.99. The smallest absolute Gasteiger partial charge is 0.394 e. The summed E-state index contributed by atoms with van der Waals surface area (Å²) in [5.41, 5.74) is 0. The molecule has 0 spiro atoms. The molecule has 152 valence electrons. The third kappa shape index (κ3) is 3.21. The molecule has 32 heavy (non-hydrogen) atoms. The van der Waals surface area contributed by atoms with Crippen LogP contribution in [0.5, 0.6) is 11.5 Å². The highest BCUT2D eigenvalue weighted by atomic mass is 16.7. The van der Waals surface area contributed by atoms with Crippen LogP contribution in [0, 0.1) is 0 Å². The van der Waals surface area contributed by atoms with Crippen LogP contribution in [0.2, 0.25) is 0 Å². The van der Waals surface area contributed by atoms with Crippen LogP contribution in [0.3, 0.4) is 0 Å². The van der Waals surface area contributed by atoms with Crippen molar-refractivity contribution >= 4 is 49.2 Å². The third-order valence-corrected chi connectivity index (χ3v) is 5.80. The second-order valence-corrected chi connectivity index (χ2v) is 7.81. The number of carbonyl (C=O) groups is 1. The van der Waals surface area contributed by atoms with Crippen LogP contribution in [0.1, 0.15) is 0 Å². The molecule has 0 saturated heterocycles. The molecule has 6 rings (SSSR count). The van der Waals surface area contributed by atoms with Crippen molar-refractivity contribution in [1.82, 2.24) is 0 Å². The molecular weight excluding hydrogens is 396 g/mol. The van der Waals surface area contributed by atoms with Crippen molar-refractivity contribution < 1.29 is 14.3 Å². The molecule has 0 bridgehead atoms. The van der Waals surface area contributed by atoms with E-state index in [4.69, 9.17) is 9.47 Å². The molecule has 0 saturated carbocycles. The number of rotatable bonds is 2. The fourth-order valence-electron chi connectivity index (χ4n) is 4.26. The molecule has 0 radical (unpaired) electrons. The zero-order valence-corrected chi connectivity index (χ0v) is 17.1. The lowest BCUT2D eigenvalue weighted by molar-refractivity contribution is 0.153. The molecule has 0 N–H and O–H groups in total. The number of ether oxygens (including phenoxy) is 2. The van der Waals surface area contributed by atoms with Crippen LogP contribution in [0.15, 0.2) is 109 Å². The van der Waals surface area contributed by atoms with Gasteiger partial charge in [-0.3, -0.25) is 0 Å². The molecule has 3 heteroatoms. The Labute approximate surface area is 184 Å². The second kappa shape index (κ2) is 7.40. The molecule has 0 atom stereocenters. The zero-order valence-electron chi connectivity index (χ0n) is 17.1. The van der Waals surface area contributed by atoms with E-state index in [1.165, 1.54) is 10.8 Å². The Kier molecular flexibility index (Phi) is 4.25. The van der Waals surface area contributed by atoms with Crippen LogP contribution in [0.25, 0.3) is 43.1 Å². The summed E-state index contributed by atoms with van der Waals surface area (Å²) in [6, 6.07) is 35.9. The van der Waals surface area contributed by atoms with E-state index in [-0.39, 0.29) is 0 Å². The molecule has 0 aromatic heterocycles. The molecule has 0 aliphatic rings. The molecule has 0 fully saturated rings. The third-order valence-electron chi connectivity index (χ3n) is 5.80. The molecule has 0 unspecified atom stereocenters. The Morgan fingerprint density at radius 2 is 0.938 bits per heavy atom. The van der Waals surface area contributed by atoms with Crippen molar-refractivity contribution in [2.24, 2.45) is 0 Å². The van der Waals surface area contributed by atoms with Gasteiger partial charge in [-0.2, -0.15) is 0 Å². The van der Waals surface area contributed by atoms with Crippen molar-refractivity contribution in [2.75, 3.05) is 0 Å². The number of benzene rings is 6. The van der Waals surface area contributed by atoms with Gasteiger partial charge in [0.2, 0.25) is 0 Å². The maximum absolute atomic E-state index is 12.7. The topological polar surface area (TPSA) is 35.5 Å². The Hall–Kier alpha value is -4.37. The van der Waals surface area contributed by atoms with E-state index in [9.17, 15) is 4.79 Å². The van der Waals surface area contributed by atoms with E-state index in [1.807, 2.05) is 60.7 Å². The van der Waals surface area contributed by atoms with Gasteiger partial charge in [0, 0.05) is 10.8 Å². The van der Waals surface area contributed by atoms with E-state index in [0.717, 1.165) is 32.3 Å². The maximum Gasteiger partial charge on any atom is 0.519 e. The Morgan fingerprint density at radius 3 is 1.66 bits per heavy atom. The van der Waals surface area contributed by atoms with Gasteiger partial charge >= 0.3 is 6.16 Å². The lowest BCUT2D eigenvalue weighted by Crippen LogP contribution is -2.14. The molecule has 6 aromatic carbocycles. The molecule has 6 aromatic rings. The van der Waals surface area contributed by atoms with Crippen LogP contribution < -0.4 is 9.47 Å². The van der Waals surface area contributed by atoms with Gasteiger partial charge in [0.1, 0.15) is 11.5 Å². The summed E-state index contributed by atoms with van der Waals surface area (Å²) in [5, 5.41) is 8.35. The van der Waals surface area contributed by atoms with E-state index in [0.29, 0.717) is 11.5 Å². The monoisotopic (exact) mass is 414 g/mol. The highest BCUT2D eigenvalue weighted by Gasteiger charge is 2.13. The van der Waals surface area contributed by atoms with Crippen molar-refractivity contribution in [3.05, 3.63) is 109 Å². The van der Waals surface area contributed by atoms with Gasteiger partial charge in [-0.15, -0.1) is 0 Å². The minimum atomic E-state index is -0.757. The first kappa shape index (κ1) is 18.4. The van der Waals surface area contributed by atoms with Crippen molar-refractivity contribution in [2.45, 2.75) is 0 Å². The van der Waals surface area contributed by atoms with Gasteiger partial charge in [0.05, 0.1) is 0 Å². The standard InChI is InChI=1S/C29H18O3/c30-29(31-27-13-5-10-19-7-3-4-12-25(19)27)32-28-14-6-11-22-17-23-15-20-8-1-2-9-21(20)16-24(23)18-26(22)28/h1-18H. The first-order valence-electron chi connectivity index (χ1n) is 10.5. The largest absolute Gasteiger partial charge is 0.519 e. The summed E-state index contributed by atoms with van der Waals surface area (Å²) in [6.07, 6.45) is -0.757. The summed E-state index contributed by atoms with van der Waals surface area (Å²) in [5.74, 6) is 0.952. The minimum absolute atomic E-state index is 0.475. The highest BCUT2D eigenvalue weighted by Crippen LogP contribution is 2.33. The SMILES string of the molecule is O=C(Oc1cccc2ccccc12)Oc1cccc2cc3cc4ccccc4cc3cc12. The molecular formula is C29H18O3. The van der Waals surface area contributed by atoms with Crippen LogP contribution in [0.4, 0.5) is 4.79 Å². The Morgan fingerprint density at radius 1 is 0.438 bits per heavy atom. The highest BCUT2D eigenvalue weighted by molar-refractivity contribution is 6.06. The van der Waals surface area contributed by atoms with Crippen molar-refractivity contribution in [3.8, 4) is 11.5 Å². The molecule has 0 aliphatic carbocycles. The van der Waals surface area contributed by atoms with Crippen LogP contribution in [-0.2, 0) is 0 Å². The first-order chi connectivity index (χ1) is 15.7. The maximum atomic E-state index is 12.7. The number of fused-ring (bicyclic) bond motifs is 4. The molecule has 0 amide bonds. The summed E-state index contributed by atoms with van der Waals surface area (Å²) in [7, 11) is 0. The molecule has 0 heterocycles. The summed E-state index contributed by atoms with van der Waals surface area (Å²) >= 11 is 0. The first-order valence-corrected chi connectivity index (χ1v) is 10.5. The van der Waals surface area contributed by atoms with Crippen molar-refractivity contribution in [3.63, 3.8) is 0 Å². The van der Waals surface area contributed by atoms with Crippen LogP contribution >= 0.6 is 0 Å². The summed E-state index contributed by atoms with van der Waals surface area (Å²) in [6.45, 7) is 0. The van der Waals surface area contributed by atoms with E-state index >= 15 is 0 Å². The van der Waals surface area contributed by atoms with Crippen LogP contribution in [-0.4, -0.2) is 6.16 Å². The van der Waals surface area contributed by atoms with E-state index in [1.54, 1.807) is 12.1 Å². The normalized spacial score (nSPS) is 11.2. The lowest BCUT2D eigenvalue weighted by Gasteiger charge is -2.11. The fraction of sp³-hybridized carbons (Fsp3) is 0.